The quantitative estimate of drug-likeness (QED) is 0.0930. The van der Waals surface area contributed by atoms with Crippen molar-refractivity contribution < 1.29 is 40.7 Å². The van der Waals surface area contributed by atoms with Gasteiger partial charge < -0.3 is 30.4 Å². The standard InChI is InChI=1S/C35H46F3N5O6SSi/c1-34(2,3)51(4,5)49-31(14-9-19-39-32(45)29-12-6-7-13-30(29)44)41-33(46)40-26-15-17-28(18-16-26)50(47,48)43-22-20-42(21-23-43)27-11-8-10-25(24-27)35(36,37)38/h6-8,10-13,15-18,24,31,44H,9,14,19-23H2,1-5H3,(H,39,45)(H2,40,41,46). The van der Waals surface area contributed by atoms with Gasteiger partial charge in [0, 0.05) is 44.1 Å². The number of rotatable bonds is 12. The highest BCUT2D eigenvalue weighted by Gasteiger charge is 2.39. The average molecular weight is 750 g/mol. The fourth-order valence-electron chi connectivity index (χ4n) is 5.18. The first-order chi connectivity index (χ1) is 23.8. The van der Waals surface area contributed by atoms with Crippen LogP contribution in [0.5, 0.6) is 5.75 Å². The van der Waals surface area contributed by atoms with Crippen molar-refractivity contribution in [2.45, 2.75) is 69.0 Å². The molecule has 278 valence electrons. The summed E-state index contributed by atoms with van der Waals surface area (Å²) in [5, 5.41) is 18.2. The van der Waals surface area contributed by atoms with Crippen molar-refractivity contribution in [2.75, 3.05) is 42.9 Å². The zero-order valence-electron chi connectivity index (χ0n) is 29.4. The van der Waals surface area contributed by atoms with Crippen LogP contribution in [-0.4, -0.2) is 77.0 Å². The molecule has 11 nitrogen and oxygen atoms in total. The minimum atomic E-state index is -4.47. The molecule has 0 aliphatic carbocycles. The van der Waals surface area contributed by atoms with Crippen LogP contribution >= 0.6 is 0 Å². The van der Waals surface area contributed by atoms with Crippen LogP contribution in [0.4, 0.5) is 29.3 Å². The van der Waals surface area contributed by atoms with E-state index in [4.69, 9.17) is 4.43 Å². The van der Waals surface area contributed by atoms with Crippen molar-refractivity contribution in [3.05, 3.63) is 83.9 Å². The lowest BCUT2D eigenvalue weighted by molar-refractivity contribution is -0.137. The molecule has 0 bridgehead atoms. The van der Waals surface area contributed by atoms with Gasteiger partial charge in [0.25, 0.3) is 5.91 Å². The zero-order valence-corrected chi connectivity index (χ0v) is 31.2. The van der Waals surface area contributed by atoms with E-state index in [0.29, 0.717) is 24.2 Å². The van der Waals surface area contributed by atoms with Crippen molar-refractivity contribution in [2.24, 2.45) is 0 Å². The molecule has 0 aromatic heterocycles. The maximum atomic E-state index is 13.4. The number of alkyl halides is 3. The molecule has 1 atom stereocenters. The number of nitrogens with one attached hydrogen (secondary N) is 3. The first kappa shape index (κ1) is 39.7. The third kappa shape index (κ3) is 10.5. The van der Waals surface area contributed by atoms with Gasteiger partial charge in [-0.25, -0.2) is 13.2 Å². The Balaban J connectivity index is 1.33. The van der Waals surface area contributed by atoms with E-state index in [0.717, 1.165) is 12.1 Å². The van der Waals surface area contributed by atoms with Crippen molar-refractivity contribution in [1.29, 1.82) is 0 Å². The van der Waals surface area contributed by atoms with Crippen molar-refractivity contribution >= 4 is 41.7 Å². The molecule has 0 radical (unpaired) electrons. The predicted molar refractivity (Wildman–Crippen MR) is 193 cm³/mol. The molecule has 4 N–H and O–H groups in total. The van der Waals surface area contributed by atoms with Crippen molar-refractivity contribution in [1.82, 2.24) is 14.9 Å². The number of aromatic hydroxyl groups is 1. The summed E-state index contributed by atoms with van der Waals surface area (Å²) in [5.41, 5.74) is 0.132. The number of hydrogen-bond acceptors (Lipinski definition) is 7. The van der Waals surface area contributed by atoms with Crippen LogP contribution in [0.25, 0.3) is 0 Å². The Morgan fingerprint density at radius 1 is 0.941 bits per heavy atom. The molecule has 1 heterocycles. The highest BCUT2D eigenvalue weighted by atomic mass is 32.2. The Morgan fingerprint density at radius 2 is 1.59 bits per heavy atom. The minimum absolute atomic E-state index is 0.0194. The molecule has 3 aromatic carbocycles. The lowest BCUT2D eigenvalue weighted by Gasteiger charge is -2.39. The maximum Gasteiger partial charge on any atom is 0.416 e. The first-order valence-electron chi connectivity index (χ1n) is 16.6. The number of carbonyl (C=O) groups excluding carboxylic acids is 2. The number of nitrogens with zero attached hydrogens (tertiary/aromatic N) is 2. The molecule has 1 fully saturated rings. The van der Waals surface area contributed by atoms with E-state index in [2.05, 4.69) is 49.8 Å². The van der Waals surface area contributed by atoms with Crippen LogP contribution in [0.15, 0.2) is 77.7 Å². The zero-order chi connectivity index (χ0) is 37.6. The SMILES string of the molecule is CC(C)(C)[Si](C)(C)OC(CCCNC(=O)c1ccccc1O)NC(=O)Nc1ccc(S(=O)(=O)N2CCN(c3cccc(C(F)(F)F)c3)CC2)cc1. The number of sulfonamides is 1. The molecule has 16 heteroatoms. The fourth-order valence-corrected chi connectivity index (χ4v) is 7.85. The number of amides is 3. The number of phenols is 1. The second-order valence-corrected chi connectivity index (χ2v) is 20.5. The van der Waals surface area contributed by atoms with Crippen LogP contribution < -0.4 is 20.9 Å². The second-order valence-electron chi connectivity index (χ2n) is 13.8. The number of urea groups is 1. The van der Waals surface area contributed by atoms with E-state index >= 15 is 0 Å². The number of carbonyl (C=O) groups is 2. The Hall–Kier alpha value is -4.12. The lowest BCUT2D eigenvalue weighted by Crippen LogP contribution is -2.50. The molecule has 0 spiro atoms. The first-order valence-corrected chi connectivity index (χ1v) is 21.0. The summed E-state index contributed by atoms with van der Waals surface area (Å²) in [4.78, 5) is 27.3. The minimum Gasteiger partial charge on any atom is -0.507 e. The average Bonchev–Trinajstić information content (AvgIpc) is 3.06. The van der Waals surface area contributed by atoms with Gasteiger partial charge >= 0.3 is 12.2 Å². The third-order valence-electron chi connectivity index (χ3n) is 9.14. The van der Waals surface area contributed by atoms with Gasteiger partial charge in [-0.3, -0.25) is 4.79 Å². The highest BCUT2D eigenvalue weighted by Crippen LogP contribution is 2.37. The number of piperazine rings is 1. The monoisotopic (exact) mass is 749 g/mol. The molecule has 3 amide bonds. The summed E-state index contributed by atoms with van der Waals surface area (Å²) < 4.78 is 74.1. The number of phenolic OH excluding ortho intramolecular Hbond substituents is 1. The Labute approximate surface area is 298 Å². The smallest absolute Gasteiger partial charge is 0.416 e. The molecule has 0 saturated carbocycles. The van der Waals surface area contributed by atoms with E-state index in [9.17, 15) is 36.3 Å². The van der Waals surface area contributed by atoms with Gasteiger partial charge in [-0.05, 0) is 85.6 Å². The molecule has 1 aliphatic rings. The molecular weight excluding hydrogens is 704 g/mol. The van der Waals surface area contributed by atoms with Gasteiger partial charge in [-0.2, -0.15) is 17.5 Å². The van der Waals surface area contributed by atoms with Crippen LogP contribution in [0, 0.1) is 0 Å². The highest BCUT2D eigenvalue weighted by molar-refractivity contribution is 7.89. The number of anilines is 2. The Morgan fingerprint density at radius 3 is 2.20 bits per heavy atom. The summed E-state index contributed by atoms with van der Waals surface area (Å²) in [7, 11) is -6.23. The predicted octanol–water partition coefficient (Wildman–Crippen LogP) is 6.60. The van der Waals surface area contributed by atoms with Gasteiger partial charge in [0.15, 0.2) is 8.32 Å². The van der Waals surface area contributed by atoms with Gasteiger partial charge in [0.1, 0.15) is 12.0 Å². The molecule has 3 aromatic rings. The number of halogens is 3. The molecule has 1 saturated heterocycles. The van der Waals surface area contributed by atoms with E-state index < -0.39 is 48.2 Å². The summed E-state index contributed by atoms with van der Waals surface area (Å²) in [6.07, 6.45) is -4.29. The van der Waals surface area contributed by atoms with Crippen molar-refractivity contribution in [3.8, 4) is 5.75 Å². The van der Waals surface area contributed by atoms with Crippen LogP contribution in [0.1, 0.15) is 49.5 Å². The summed E-state index contributed by atoms with van der Waals surface area (Å²) in [6, 6.07) is 16.4. The summed E-state index contributed by atoms with van der Waals surface area (Å²) in [5.74, 6) is -0.531. The lowest BCUT2D eigenvalue weighted by atomic mass is 10.1. The molecule has 4 rings (SSSR count). The Bertz CT molecular complexity index is 1780. The van der Waals surface area contributed by atoms with Gasteiger partial charge in [0.2, 0.25) is 10.0 Å². The third-order valence-corrected chi connectivity index (χ3v) is 15.5. The molecule has 1 unspecified atom stereocenters. The molecule has 51 heavy (non-hydrogen) atoms. The largest absolute Gasteiger partial charge is 0.507 e. The van der Waals surface area contributed by atoms with Gasteiger partial charge in [-0.1, -0.05) is 39.0 Å². The van der Waals surface area contributed by atoms with Gasteiger partial charge in [0.05, 0.1) is 16.0 Å². The topological polar surface area (TPSA) is 140 Å². The summed E-state index contributed by atoms with van der Waals surface area (Å²) >= 11 is 0. The van der Waals surface area contributed by atoms with E-state index in [1.54, 1.807) is 23.1 Å². The second kappa shape index (κ2) is 16.0. The molecule has 1 aliphatic heterocycles. The van der Waals surface area contributed by atoms with Crippen molar-refractivity contribution in [3.63, 3.8) is 0 Å². The fraction of sp³-hybridized carbons (Fsp3) is 0.429. The number of benzene rings is 3. The Kier molecular flexibility index (Phi) is 12.5. The van der Waals surface area contributed by atoms with E-state index in [1.807, 2.05) is 0 Å². The normalized spacial score (nSPS) is 15.3. The van der Waals surface area contributed by atoms with E-state index in [1.165, 1.54) is 46.8 Å². The number of hydrogen-bond donors (Lipinski definition) is 4. The molecular formula is C35H46F3N5O6SSi. The van der Waals surface area contributed by atoms with Crippen LogP contribution in [0.3, 0.4) is 0 Å². The van der Waals surface area contributed by atoms with Gasteiger partial charge in [-0.15, -0.1) is 0 Å². The van der Waals surface area contributed by atoms with Crippen LogP contribution in [-0.2, 0) is 20.6 Å². The maximum absolute atomic E-state index is 13.4. The van der Waals surface area contributed by atoms with E-state index in [-0.39, 0.29) is 54.0 Å². The summed E-state index contributed by atoms with van der Waals surface area (Å²) in [6.45, 7) is 11.3. The number of para-hydroxylation sites is 1. The van der Waals surface area contributed by atoms with Crippen LogP contribution in [0.2, 0.25) is 18.1 Å².